The first kappa shape index (κ1) is 18.5. The maximum atomic E-state index is 12.6. The predicted octanol–water partition coefficient (Wildman–Crippen LogP) is 3.51. The van der Waals surface area contributed by atoms with Gasteiger partial charge in [-0.1, -0.05) is 18.2 Å². The molecule has 146 valence electrons. The van der Waals surface area contributed by atoms with Crippen molar-refractivity contribution in [2.75, 3.05) is 19.7 Å². The van der Waals surface area contributed by atoms with E-state index in [9.17, 15) is 9.59 Å². The standard InChI is InChI=1S/C23H26N2O3/c26-22(24-20-10-11-20)18-8-12-21(13-9-18)28-16-17-5-4-14-25(15-17)23(27)19-6-2-1-3-7-19/h1-3,6-9,12-13,17,20H,4-5,10-11,14-16H2,(H,24,26)/t17-/m1/s1. The number of likely N-dealkylation sites (tertiary alicyclic amines) is 1. The Morgan fingerprint density at radius 2 is 1.71 bits per heavy atom. The first-order valence-electron chi connectivity index (χ1n) is 10.1. The number of nitrogens with zero attached hydrogens (tertiary/aromatic N) is 1. The molecule has 5 heteroatoms. The number of amides is 2. The van der Waals surface area contributed by atoms with Gasteiger partial charge >= 0.3 is 0 Å². The van der Waals surface area contributed by atoms with Gasteiger partial charge in [0.25, 0.3) is 11.8 Å². The van der Waals surface area contributed by atoms with Gasteiger partial charge < -0.3 is 15.0 Å². The molecule has 1 heterocycles. The van der Waals surface area contributed by atoms with Crippen molar-refractivity contribution in [1.82, 2.24) is 10.2 Å². The normalized spacial score (nSPS) is 19.1. The smallest absolute Gasteiger partial charge is 0.253 e. The zero-order valence-corrected chi connectivity index (χ0v) is 16.0. The van der Waals surface area contributed by atoms with Crippen LogP contribution in [-0.2, 0) is 0 Å². The van der Waals surface area contributed by atoms with Crippen molar-refractivity contribution in [2.45, 2.75) is 31.7 Å². The van der Waals surface area contributed by atoms with Crippen molar-refractivity contribution in [1.29, 1.82) is 0 Å². The highest BCUT2D eigenvalue weighted by Gasteiger charge is 2.25. The van der Waals surface area contributed by atoms with E-state index >= 15 is 0 Å². The summed E-state index contributed by atoms with van der Waals surface area (Å²) < 4.78 is 5.94. The molecule has 0 radical (unpaired) electrons. The van der Waals surface area contributed by atoms with Crippen LogP contribution in [0.15, 0.2) is 54.6 Å². The molecule has 0 bridgehead atoms. The third kappa shape index (κ3) is 4.71. The van der Waals surface area contributed by atoms with Gasteiger partial charge in [0.1, 0.15) is 5.75 Å². The average Bonchev–Trinajstić information content (AvgIpc) is 3.57. The van der Waals surface area contributed by atoms with Crippen molar-refractivity contribution < 1.29 is 14.3 Å². The van der Waals surface area contributed by atoms with E-state index in [0.29, 0.717) is 24.1 Å². The van der Waals surface area contributed by atoms with E-state index < -0.39 is 0 Å². The maximum absolute atomic E-state index is 12.6. The van der Waals surface area contributed by atoms with Gasteiger partial charge in [-0.05, 0) is 62.1 Å². The third-order valence-corrected chi connectivity index (χ3v) is 5.34. The highest BCUT2D eigenvalue weighted by molar-refractivity contribution is 5.95. The fourth-order valence-electron chi connectivity index (χ4n) is 3.56. The third-order valence-electron chi connectivity index (χ3n) is 5.34. The number of hydrogen-bond donors (Lipinski definition) is 1. The van der Waals surface area contributed by atoms with Crippen molar-refractivity contribution in [3.8, 4) is 5.75 Å². The van der Waals surface area contributed by atoms with Gasteiger partial charge in [-0.2, -0.15) is 0 Å². The van der Waals surface area contributed by atoms with E-state index in [0.717, 1.165) is 50.1 Å². The average molecular weight is 378 g/mol. The molecular formula is C23H26N2O3. The van der Waals surface area contributed by atoms with Crippen LogP contribution in [0.25, 0.3) is 0 Å². The number of rotatable bonds is 6. The molecule has 0 aromatic heterocycles. The molecule has 0 unspecified atom stereocenters. The van der Waals surface area contributed by atoms with E-state index in [1.807, 2.05) is 47.4 Å². The Hall–Kier alpha value is -2.82. The zero-order chi connectivity index (χ0) is 19.3. The molecular weight excluding hydrogens is 352 g/mol. The maximum Gasteiger partial charge on any atom is 0.253 e. The monoisotopic (exact) mass is 378 g/mol. The molecule has 2 amide bonds. The molecule has 0 spiro atoms. The van der Waals surface area contributed by atoms with Crippen molar-refractivity contribution in [2.24, 2.45) is 5.92 Å². The number of carbonyl (C=O) groups is 2. The predicted molar refractivity (Wildman–Crippen MR) is 107 cm³/mol. The molecule has 1 aliphatic carbocycles. The second-order valence-electron chi connectivity index (χ2n) is 7.71. The number of ether oxygens (including phenoxy) is 1. The topological polar surface area (TPSA) is 58.6 Å². The Kier molecular flexibility index (Phi) is 5.60. The fourth-order valence-corrected chi connectivity index (χ4v) is 3.56. The molecule has 1 saturated heterocycles. The Labute approximate surface area is 165 Å². The number of piperidine rings is 1. The summed E-state index contributed by atoms with van der Waals surface area (Å²) in [5.41, 5.74) is 1.40. The van der Waals surface area contributed by atoms with Crippen LogP contribution in [-0.4, -0.2) is 42.5 Å². The minimum absolute atomic E-state index is 0.0172. The molecule has 2 fully saturated rings. The van der Waals surface area contributed by atoms with Crippen LogP contribution in [0, 0.1) is 5.92 Å². The minimum atomic E-state index is -0.0172. The largest absolute Gasteiger partial charge is 0.493 e. The first-order valence-corrected chi connectivity index (χ1v) is 10.1. The van der Waals surface area contributed by atoms with E-state index in [4.69, 9.17) is 4.74 Å². The lowest BCUT2D eigenvalue weighted by molar-refractivity contribution is 0.0633. The highest BCUT2D eigenvalue weighted by Crippen LogP contribution is 2.22. The quantitative estimate of drug-likeness (QED) is 0.837. The summed E-state index contributed by atoms with van der Waals surface area (Å²) in [5, 5.41) is 2.99. The lowest BCUT2D eigenvalue weighted by atomic mass is 9.98. The summed E-state index contributed by atoms with van der Waals surface area (Å²) in [6.45, 7) is 2.09. The molecule has 1 aliphatic heterocycles. The van der Waals surface area contributed by atoms with Gasteiger partial charge in [-0.25, -0.2) is 0 Å². The lowest BCUT2D eigenvalue weighted by Gasteiger charge is -2.32. The second kappa shape index (κ2) is 8.46. The molecule has 1 saturated carbocycles. The Morgan fingerprint density at radius 1 is 0.964 bits per heavy atom. The van der Waals surface area contributed by atoms with E-state index in [2.05, 4.69) is 5.32 Å². The van der Waals surface area contributed by atoms with Gasteiger partial charge in [0.2, 0.25) is 0 Å². The van der Waals surface area contributed by atoms with E-state index in [1.165, 1.54) is 0 Å². The number of benzene rings is 2. The summed E-state index contributed by atoms with van der Waals surface area (Å²) in [4.78, 5) is 26.6. The van der Waals surface area contributed by atoms with Gasteiger partial charge in [-0.3, -0.25) is 9.59 Å². The van der Waals surface area contributed by atoms with Crippen LogP contribution in [0.1, 0.15) is 46.4 Å². The van der Waals surface area contributed by atoms with Crippen molar-refractivity contribution in [3.63, 3.8) is 0 Å². The Bertz CT molecular complexity index is 816. The lowest BCUT2D eigenvalue weighted by Crippen LogP contribution is -2.41. The van der Waals surface area contributed by atoms with Crippen LogP contribution >= 0.6 is 0 Å². The fraction of sp³-hybridized carbons (Fsp3) is 0.391. The molecule has 1 N–H and O–H groups in total. The Morgan fingerprint density at radius 3 is 2.43 bits per heavy atom. The molecule has 5 nitrogen and oxygen atoms in total. The van der Waals surface area contributed by atoms with Gasteiger partial charge in [0, 0.05) is 36.2 Å². The zero-order valence-electron chi connectivity index (χ0n) is 16.0. The summed E-state index contributed by atoms with van der Waals surface area (Å²) in [6.07, 6.45) is 4.21. The molecule has 2 aliphatic rings. The first-order chi connectivity index (χ1) is 13.7. The highest BCUT2D eigenvalue weighted by atomic mass is 16.5. The van der Waals surface area contributed by atoms with Crippen LogP contribution in [0.4, 0.5) is 0 Å². The number of nitrogens with one attached hydrogen (secondary N) is 1. The molecule has 2 aromatic carbocycles. The van der Waals surface area contributed by atoms with Gasteiger partial charge in [0.05, 0.1) is 6.61 Å². The molecule has 4 rings (SSSR count). The van der Waals surface area contributed by atoms with Gasteiger partial charge in [-0.15, -0.1) is 0 Å². The molecule has 1 atom stereocenters. The number of hydrogen-bond acceptors (Lipinski definition) is 3. The van der Waals surface area contributed by atoms with Gasteiger partial charge in [0.15, 0.2) is 0 Å². The summed E-state index contributed by atoms with van der Waals surface area (Å²) in [7, 11) is 0. The van der Waals surface area contributed by atoms with Crippen molar-refractivity contribution in [3.05, 3.63) is 65.7 Å². The minimum Gasteiger partial charge on any atom is -0.493 e. The summed E-state index contributed by atoms with van der Waals surface area (Å²) >= 11 is 0. The van der Waals surface area contributed by atoms with E-state index in [-0.39, 0.29) is 11.8 Å². The van der Waals surface area contributed by atoms with Crippen LogP contribution < -0.4 is 10.1 Å². The van der Waals surface area contributed by atoms with Crippen LogP contribution in [0.2, 0.25) is 0 Å². The second-order valence-corrected chi connectivity index (χ2v) is 7.71. The number of carbonyl (C=O) groups excluding carboxylic acids is 2. The summed E-state index contributed by atoms with van der Waals surface area (Å²) in [6, 6.07) is 17.1. The Balaban J connectivity index is 1.28. The van der Waals surface area contributed by atoms with E-state index in [1.54, 1.807) is 12.1 Å². The van der Waals surface area contributed by atoms with Crippen LogP contribution in [0.5, 0.6) is 5.75 Å². The summed E-state index contributed by atoms with van der Waals surface area (Å²) in [5.74, 6) is 1.15. The van der Waals surface area contributed by atoms with Crippen molar-refractivity contribution >= 4 is 11.8 Å². The molecule has 2 aromatic rings. The molecule has 28 heavy (non-hydrogen) atoms. The van der Waals surface area contributed by atoms with Crippen LogP contribution in [0.3, 0.4) is 0 Å². The SMILES string of the molecule is O=C(NC1CC1)c1ccc(OC[C@@H]2CCCN(C(=O)c3ccccc3)C2)cc1.